The molecule has 0 aliphatic carbocycles. The van der Waals surface area contributed by atoms with Crippen molar-refractivity contribution in [2.24, 2.45) is 0 Å². The highest BCUT2D eigenvalue weighted by Crippen LogP contribution is 2.31. The van der Waals surface area contributed by atoms with Crippen LogP contribution in [0.2, 0.25) is 0 Å². The fourth-order valence-corrected chi connectivity index (χ4v) is 3.12. The van der Waals surface area contributed by atoms with Gasteiger partial charge in [-0.2, -0.15) is 5.26 Å². The summed E-state index contributed by atoms with van der Waals surface area (Å²) >= 11 is 3.42. The van der Waals surface area contributed by atoms with E-state index in [0.717, 1.165) is 15.6 Å². The molecule has 30 heavy (non-hydrogen) atoms. The Labute approximate surface area is 182 Å². The Balaban J connectivity index is 1.83. The molecular formula is C23H18BrNO5. The molecule has 2 aromatic carbocycles. The predicted molar refractivity (Wildman–Crippen MR) is 115 cm³/mol. The Morgan fingerprint density at radius 3 is 2.67 bits per heavy atom. The zero-order chi connectivity index (χ0) is 21.5. The highest BCUT2D eigenvalue weighted by molar-refractivity contribution is 9.10. The van der Waals surface area contributed by atoms with Gasteiger partial charge in [0.15, 0.2) is 11.5 Å². The summed E-state index contributed by atoms with van der Waals surface area (Å²) < 4.78 is 17.5. The molecule has 3 rings (SSSR count). The average molecular weight is 468 g/mol. The van der Waals surface area contributed by atoms with Gasteiger partial charge in [0.2, 0.25) is 5.76 Å². The summed E-state index contributed by atoms with van der Waals surface area (Å²) in [4.78, 5) is 10.9. The lowest BCUT2D eigenvalue weighted by molar-refractivity contribution is 0.0658. The van der Waals surface area contributed by atoms with Gasteiger partial charge in [-0.1, -0.05) is 34.1 Å². The van der Waals surface area contributed by atoms with E-state index < -0.39 is 5.97 Å². The third-order valence-electron chi connectivity index (χ3n) is 4.08. The summed E-state index contributed by atoms with van der Waals surface area (Å²) in [6, 6.07) is 18.0. The van der Waals surface area contributed by atoms with E-state index in [-0.39, 0.29) is 12.4 Å². The molecule has 7 heteroatoms. The SMILES string of the molecule is CCOc1cc(C=C(C#N)c2cccc(Br)c2)ccc1OCc1ccc(C(=O)O)o1. The van der Waals surface area contributed by atoms with Gasteiger partial charge in [-0.05, 0) is 60.5 Å². The topological polar surface area (TPSA) is 92.7 Å². The standard InChI is InChI=1S/C23H18BrNO5/c1-2-28-22-11-15(10-17(13-25)16-4-3-5-18(24)12-16)6-8-20(22)29-14-19-7-9-21(30-19)23(26)27/h3-12H,2,14H2,1H3,(H,26,27). The second-order valence-corrected chi connectivity index (χ2v) is 7.09. The Bertz CT molecular complexity index is 1130. The van der Waals surface area contributed by atoms with E-state index in [1.807, 2.05) is 37.3 Å². The van der Waals surface area contributed by atoms with Gasteiger partial charge in [0.25, 0.3) is 0 Å². The highest BCUT2D eigenvalue weighted by atomic mass is 79.9. The Kier molecular flexibility index (Phi) is 6.94. The maximum atomic E-state index is 10.9. The minimum absolute atomic E-state index is 0.0596. The lowest BCUT2D eigenvalue weighted by Gasteiger charge is -2.12. The fourth-order valence-electron chi connectivity index (χ4n) is 2.72. The molecule has 0 saturated carbocycles. The van der Waals surface area contributed by atoms with Crippen molar-refractivity contribution in [3.05, 3.63) is 81.7 Å². The number of carboxylic acid groups (broad SMARTS) is 1. The number of carboxylic acids is 1. The van der Waals surface area contributed by atoms with Crippen molar-refractivity contribution >= 4 is 33.5 Å². The second-order valence-electron chi connectivity index (χ2n) is 6.18. The predicted octanol–water partition coefficient (Wildman–Crippen LogP) is 5.78. The van der Waals surface area contributed by atoms with Crippen LogP contribution in [0, 0.1) is 11.3 Å². The van der Waals surface area contributed by atoms with Crippen LogP contribution in [0.4, 0.5) is 0 Å². The zero-order valence-corrected chi connectivity index (χ0v) is 17.7. The molecule has 0 aliphatic heterocycles. The van der Waals surface area contributed by atoms with E-state index in [0.29, 0.717) is 29.4 Å². The maximum Gasteiger partial charge on any atom is 0.371 e. The molecule has 0 aliphatic rings. The van der Waals surface area contributed by atoms with E-state index >= 15 is 0 Å². The van der Waals surface area contributed by atoms with Crippen molar-refractivity contribution in [3.8, 4) is 17.6 Å². The van der Waals surface area contributed by atoms with Crippen LogP contribution < -0.4 is 9.47 Å². The zero-order valence-electron chi connectivity index (χ0n) is 16.1. The van der Waals surface area contributed by atoms with Crippen LogP contribution in [-0.2, 0) is 6.61 Å². The molecule has 0 bridgehead atoms. The van der Waals surface area contributed by atoms with E-state index in [1.54, 1.807) is 24.3 Å². The highest BCUT2D eigenvalue weighted by Gasteiger charge is 2.12. The third kappa shape index (κ3) is 5.31. The summed E-state index contributed by atoms with van der Waals surface area (Å²) in [5.74, 6) is 0.119. The minimum Gasteiger partial charge on any atom is -0.490 e. The van der Waals surface area contributed by atoms with Crippen LogP contribution in [-0.4, -0.2) is 17.7 Å². The first kappa shape index (κ1) is 21.2. The number of hydrogen-bond donors (Lipinski definition) is 1. The van der Waals surface area contributed by atoms with Crippen LogP contribution in [0.3, 0.4) is 0 Å². The molecule has 0 radical (unpaired) electrons. The van der Waals surface area contributed by atoms with Crippen molar-refractivity contribution in [2.75, 3.05) is 6.61 Å². The number of rotatable bonds is 8. The minimum atomic E-state index is -1.13. The Hall–Kier alpha value is -3.50. The van der Waals surface area contributed by atoms with Gasteiger partial charge in [-0.15, -0.1) is 0 Å². The van der Waals surface area contributed by atoms with E-state index in [2.05, 4.69) is 22.0 Å². The molecule has 0 atom stereocenters. The first-order valence-corrected chi connectivity index (χ1v) is 9.89. The van der Waals surface area contributed by atoms with Crippen LogP contribution in [0.5, 0.6) is 11.5 Å². The fraction of sp³-hybridized carbons (Fsp3) is 0.130. The van der Waals surface area contributed by atoms with Crippen LogP contribution in [0.1, 0.15) is 34.4 Å². The van der Waals surface area contributed by atoms with Crippen LogP contribution in [0.15, 0.2) is 63.5 Å². The van der Waals surface area contributed by atoms with Crippen molar-refractivity contribution in [3.63, 3.8) is 0 Å². The van der Waals surface area contributed by atoms with Crippen LogP contribution >= 0.6 is 15.9 Å². The molecule has 152 valence electrons. The van der Waals surface area contributed by atoms with E-state index in [9.17, 15) is 10.1 Å². The summed E-state index contributed by atoms with van der Waals surface area (Å²) in [6.07, 6.45) is 1.78. The van der Waals surface area contributed by atoms with Crippen molar-refractivity contribution in [2.45, 2.75) is 13.5 Å². The van der Waals surface area contributed by atoms with Gasteiger partial charge in [0.05, 0.1) is 18.2 Å². The van der Waals surface area contributed by atoms with Gasteiger partial charge in [0, 0.05) is 4.47 Å². The molecule has 1 heterocycles. The van der Waals surface area contributed by atoms with E-state index in [4.69, 9.17) is 19.0 Å². The molecule has 1 N–H and O–H groups in total. The molecule has 6 nitrogen and oxygen atoms in total. The number of ether oxygens (including phenoxy) is 2. The molecule has 0 unspecified atom stereocenters. The normalized spacial score (nSPS) is 11.0. The molecule has 3 aromatic rings. The van der Waals surface area contributed by atoms with E-state index in [1.165, 1.54) is 6.07 Å². The number of halogens is 1. The summed E-state index contributed by atoms with van der Waals surface area (Å²) in [6.45, 7) is 2.36. The lowest BCUT2D eigenvalue weighted by Crippen LogP contribution is -1.99. The molecule has 1 aromatic heterocycles. The third-order valence-corrected chi connectivity index (χ3v) is 4.57. The number of benzene rings is 2. The number of nitriles is 1. The number of aromatic carboxylic acids is 1. The number of allylic oxidation sites excluding steroid dienone is 1. The molecular weight excluding hydrogens is 450 g/mol. The largest absolute Gasteiger partial charge is 0.490 e. The number of nitrogens with zero attached hydrogens (tertiary/aromatic N) is 1. The molecule has 0 amide bonds. The Morgan fingerprint density at radius 1 is 1.17 bits per heavy atom. The monoisotopic (exact) mass is 467 g/mol. The second kappa shape index (κ2) is 9.81. The Morgan fingerprint density at radius 2 is 2.00 bits per heavy atom. The lowest BCUT2D eigenvalue weighted by atomic mass is 10.0. The van der Waals surface area contributed by atoms with Gasteiger partial charge in [-0.25, -0.2) is 4.79 Å². The van der Waals surface area contributed by atoms with Gasteiger partial charge < -0.3 is 19.0 Å². The number of carbonyl (C=O) groups is 1. The van der Waals surface area contributed by atoms with Gasteiger partial charge in [0.1, 0.15) is 12.4 Å². The van der Waals surface area contributed by atoms with Gasteiger partial charge >= 0.3 is 5.97 Å². The number of furan rings is 1. The van der Waals surface area contributed by atoms with Crippen molar-refractivity contribution in [1.29, 1.82) is 5.26 Å². The average Bonchev–Trinajstić information content (AvgIpc) is 3.21. The first-order chi connectivity index (χ1) is 14.5. The van der Waals surface area contributed by atoms with Crippen molar-refractivity contribution in [1.82, 2.24) is 0 Å². The molecule has 0 fully saturated rings. The molecule has 0 spiro atoms. The first-order valence-electron chi connectivity index (χ1n) is 9.09. The summed E-state index contributed by atoms with van der Waals surface area (Å²) in [7, 11) is 0. The number of hydrogen-bond acceptors (Lipinski definition) is 5. The van der Waals surface area contributed by atoms with Crippen LogP contribution in [0.25, 0.3) is 11.6 Å². The molecule has 0 saturated heterocycles. The van der Waals surface area contributed by atoms with Crippen molar-refractivity contribution < 1.29 is 23.8 Å². The summed E-state index contributed by atoms with van der Waals surface area (Å²) in [5, 5.41) is 18.5. The quantitative estimate of drug-likeness (QED) is 0.333. The van der Waals surface area contributed by atoms with Gasteiger partial charge in [-0.3, -0.25) is 0 Å². The maximum absolute atomic E-state index is 10.9. The summed E-state index contributed by atoms with van der Waals surface area (Å²) in [5.41, 5.74) is 2.11. The smallest absolute Gasteiger partial charge is 0.371 e.